The summed E-state index contributed by atoms with van der Waals surface area (Å²) >= 11 is 1.12. The normalized spacial score (nSPS) is 14.2. The van der Waals surface area contributed by atoms with Crippen molar-refractivity contribution < 1.29 is 4.79 Å². The molecule has 1 fully saturated rings. The summed E-state index contributed by atoms with van der Waals surface area (Å²) in [5.41, 5.74) is 1.74. The minimum absolute atomic E-state index is 0.0675. The maximum atomic E-state index is 13.1. The predicted octanol–water partition coefficient (Wildman–Crippen LogP) is 1.60. The maximum absolute atomic E-state index is 13.1. The lowest BCUT2D eigenvalue weighted by atomic mass is 10.1. The van der Waals surface area contributed by atoms with Crippen LogP contribution in [0.4, 0.5) is 0 Å². The molecular formula is C19H20N4O3S. The van der Waals surface area contributed by atoms with Crippen LogP contribution < -0.4 is 11.2 Å². The lowest BCUT2D eigenvalue weighted by molar-refractivity contribution is -0.130. The first-order chi connectivity index (χ1) is 13.0. The Kier molecular flexibility index (Phi) is 4.65. The van der Waals surface area contributed by atoms with Crippen LogP contribution in [0, 0.1) is 6.92 Å². The fraction of sp³-hybridized carbons (Fsp3) is 0.368. The van der Waals surface area contributed by atoms with Crippen LogP contribution in [0.3, 0.4) is 0 Å². The highest BCUT2D eigenvalue weighted by atomic mass is 32.1. The number of hydrogen-bond acceptors (Lipinski definition) is 5. The van der Waals surface area contributed by atoms with Crippen LogP contribution in [0.2, 0.25) is 0 Å². The van der Waals surface area contributed by atoms with E-state index in [0.29, 0.717) is 5.52 Å². The van der Waals surface area contributed by atoms with E-state index in [9.17, 15) is 14.4 Å². The smallest absolute Gasteiger partial charge is 0.332 e. The zero-order chi connectivity index (χ0) is 19.0. The van der Waals surface area contributed by atoms with Gasteiger partial charge in [-0.1, -0.05) is 29.8 Å². The predicted molar refractivity (Wildman–Crippen MR) is 104 cm³/mol. The fourth-order valence-electron chi connectivity index (χ4n) is 3.41. The lowest BCUT2D eigenvalue weighted by Crippen LogP contribution is -2.43. The number of carbonyl (C=O) groups excluding carboxylic acids is 1. The van der Waals surface area contributed by atoms with Crippen LogP contribution in [-0.2, 0) is 17.9 Å². The first kappa shape index (κ1) is 17.7. The van der Waals surface area contributed by atoms with Crippen molar-refractivity contribution in [1.82, 2.24) is 18.4 Å². The van der Waals surface area contributed by atoms with Crippen molar-refractivity contribution in [1.29, 1.82) is 0 Å². The van der Waals surface area contributed by atoms with Crippen molar-refractivity contribution in [2.45, 2.75) is 32.9 Å². The van der Waals surface area contributed by atoms with Crippen LogP contribution in [0.1, 0.15) is 24.0 Å². The van der Waals surface area contributed by atoms with Crippen molar-refractivity contribution in [3.63, 3.8) is 0 Å². The second kappa shape index (κ2) is 7.11. The zero-order valence-electron chi connectivity index (χ0n) is 15.1. The molecule has 3 heterocycles. The molecule has 3 aromatic rings. The number of hydrogen-bond donors (Lipinski definition) is 0. The number of rotatable bonds is 4. The molecule has 140 valence electrons. The van der Waals surface area contributed by atoms with Crippen LogP contribution in [0.15, 0.2) is 39.2 Å². The highest BCUT2D eigenvalue weighted by molar-refractivity contribution is 7.04. The number of nitrogens with zero attached hydrogens (tertiary/aromatic N) is 4. The van der Waals surface area contributed by atoms with Crippen LogP contribution in [0.5, 0.6) is 0 Å². The Labute approximate surface area is 159 Å². The Morgan fingerprint density at radius 2 is 1.81 bits per heavy atom. The Morgan fingerprint density at radius 3 is 2.52 bits per heavy atom. The molecular weight excluding hydrogens is 364 g/mol. The average Bonchev–Trinajstić information content (AvgIpc) is 3.35. The summed E-state index contributed by atoms with van der Waals surface area (Å²) < 4.78 is 6.72. The molecule has 0 N–H and O–H groups in total. The van der Waals surface area contributed by atoms with Crippen molar-refractivity contribution in [3.05, 3.63) is 61.6 Å². The molecule has 1 aromatic carbocycles. The van der Waals surface area contributed by atoms with E-state index >= 15 is 0 Å². The Hall–Kier alpha value is -2.74. The summed E-state index contributed by atoms with van der Waals surface area (Å²) in [5, 5.41) is 1.66. The van der Waals surface area contributed by atoms with Crippen molar-refractivity contribution in [2.24, 2.45) is 0 Å². The van der Waals surface area contributed by atoms with Gasteiger partial charge in [0.05, 0.1) is 12.1 Å². The third-order valence-electron chi connectivity index (χ3n) is 4.96. The molecule has 27 heavy (non-hydrogen) atoms. The average molecular weight is 384 g/mol. The molecule has 0 unspecified atom stereocenters. The fourth-order valence-corrected chi connectivity index (χ4v) is 4.07. The van der Waals surface area contributed by atoms with Gasteiger partial charge in [-0.05, 0) is 36.9 Å². The van der Waals surface area contributed by atoms with Crippen molar-refractivity contribution >= 4 is 28.5 Å². The molecule has 8 heteroatoms. The van der Waals surface area contributed by atoms with Gasteiger partial charge in [-0.15, -0.1) is 0 Å². The number of fused-ring (bicyclic) bond motifs is 1. The van der Waals surface area contributed by atoms with Gasteiger partial charge >= 0.3 is 5.69 Å². The van der Waals surface area contributed by atoms with Gasteiger partial charge in [0.1, 0.15) is 6.54 Å². The molecule has 2 aromatic heterocycles. The highest BCUT2D eigenvalue weighted by Crippen LogP contribution is 2.13. The van der Waals surface area contributed by atoms with Crippen LogP contribution >= 0.6 is 11.5 Å². The lowest BCUT2D eigenvalue weighted by Gasteiger charge is -2.17. The Balaban J connectivity index is 1.77. The molecule has 0 radical (unpaired) electrons. The molecule has 0 spiro atoms. The van der Waals surface area contributed by atoms with Gasteiger partial charge in [-0.2, -0.15) is 4.37 Å². The minimum Gasteiger partial charge on any atom is -0.341 e. The van der Waals surface area contributed by atoms with E-state index in [4.69, 9.17) is 0 Å². The number of aryl methyl sites for hydroxylation is 1. The summed E-state index contributed by atoms with van der Waals surface area (Å²) in [5.74, 6) is -0.0948. The topological polar surface area (TPSA) is 77.2 Å². The molecule has 0 saturated carbocycles. The zero-order valence-corrected chi connectivity index (χ0v) is 15.9. The van der Waals surface area contributed by atoms with Gasteiger partial charge in [-0.3, -0.25) is 18.7 Å². The quantitative estimate of drug-likeness (QED) is 0.685. The molecule has 1 aliphatic rings. The van der Waals surface area contributed by atoms with E-state index in [0.717, 1.165) is 48.6 Å². The molecule has 0 aliphatic carbocycles. The molecule has 1 amide bonds. The van der Waals surface area contributed by atoms with Gasteiger partial charge < -0.3 is 4.90 Å². The number of amides is 1. The molecule has 4 rings (SSSR count). The van der Waals surface area contributed by atoms with Gasteiger partial charge in [0.15, 0.2) is 5.52 Å². The van der Waals surface area contributed by atoms with Crippen LogP contribution in [-0.4, -0.2) is 37.4 Å². The monoisotopic (exact) mass is 384 g/mol. The first-order valence-electron chi connectivity index (χ1n) is 8.95. The second-order valence-electron chi connectivity index (χ2n) is 6.88. The van der Waals surface area contributed by atoms with Gasteiger partial charge in [0.2, 0.25) is 5.91 Å². The Morgan fingerprint density at radius 1 is 1.11 bits per heavy atom. The molecule has 0 atom stereocenters. The summed E-state index contributed by atoms with van der Waals surface area (Å²) in [4.78, 5) is 40.2. The van der Waals surface area contributed by atoms with E-state index in [-0.39, 0.29) is 24.5 Å². The minimum atomic E-state index is -0.471. The molecule has 1 saturated heterocycles. The van der Waals surface area contributed by atoms with E-state index in [2.05, 4.69) is 4.37 Å². The standard InChI is InChI=1S/C19H20N4O3S/c1-13-4-6-14(7-5-13)10-23-18(25)17-15(12-27-20-17)22(19(23)26)11-16(24)21-8-2-3-9-21/h4-7,12H,2-3,8-11H2,1H3. The van der Waals surface area contributed by atoms with Crippen molar-refractivity contribution in [3.8, 4) is 0 Å². The number of benzene rings is 1. The third-order valence-corrected chi connectivity index (χ3v) is 5.58. The van der Waals surface area contributed by atoms with Crippen molar-refractivity contribution in [2.75, 3.05) is 13.1 Å². The first-order valence-corrected chi connectivity index (χ1v) is 9.79. The van der Waals surface area contributed by atoms with E-state index in [1.807, 2.05) is 31.2 Å². The molecule has 7 nitrogen and oxygen atoms in total. The van der Waals surface area contributed by atoms with E-state index < -0.39 is 11.2 Å². The van der Waals surface area contributed by atoms with Gasteiger partial charge in [-0.25, -0.2) is 4.79 Å². The number of carbonyl (C=O) groups is 1. The summed E-state index contributed by atoms with van der Waals surface area (Å²) in [6.45, 7) is 3.52. The van der Waals surface area contributed by atoms with E-state index in [1.54, 1.807) is 10.3 Å². The Bertz CT molecular complexity index is 1100. The van der Waals surface area contributed by atoms with Gasteiger partial charge in [0.25, 0.3) is 5.56 Å². The number of aromatic nitrogens is 3. The second-order valence-corrected chi connectivity index (χ2v) is 7.51. The van der Waals surface area contributed by atoms with Gasteiger partial charge in [0, 0.05) is 18.5 Å². The van der Waals surface area contributed by atoms with Crippen LogP contribution in [0.25, 0.3) is 11.0 Å². The summed E-state index contributed by atoms with van der Waals surface area (Å²) in [6, 6.07) is 7.67. The largest absolute Gasteiger partial charge is 0.341 e. The molecule has 1 aliphatic heterocycles. The number of likely N-dealkylation sites (tertiary alicyclic amines) is 1. The summed E-state index contributed by atoms with van der Waals surface area (Å²) in [7, 11) is 0. The third kappa shape index (κ3) is 3.32. The van der Waals surface area contributed by atoms with E-state index in [1.165, 1.54) is 9.13 Å². The summed E-state index contributed by atoms with van der Waals surface area (Å²) in [6.07, 6.45) is 1.98. The SMILES string of the molecule is Cc1ccc(Cn2c(=O)c3nscc3n(CC(=O)N3CCCC3)c2=O)cc1. The maximum Gasteiger partial charge on any atom is 0.332 e. The molecule has 0 bridgehead atoms. The highest BCUT2D eigenvalue weighted by Gasteiger charge is 2.22.